The zero-order valence-corrected chi connectivity index (χ0v) is 13.9. The van der Waals surface area contributed by atoms with Gasteiger partial charge in [0.1, 0.15) is 0 Å². The minimum absolute atomic E-state index is 0.0858. The number of nitrogens with zero attached hydrogens (tertiary/aromatic N) is 1. The van der Waals surface area contributed by atoms with E-state index in [1.807, 2.05) is 6.92 Å². The first kappa shape index (κ1) is 14.4. The summed E-state index contributed by atoms with van der Waals surface area (Å²) in [5, 5.41) is 0. The monoisotopic (exact) mass is 336 g/mol. The molecule has 2 fully saturated rings. The molecule has 2 nitrogen and oxygen atoms in total. The molecule has 1 saturated heterocycles. The van der Waals surface area contributed by atoms with Crippen LogP contribution < -0.4 is 10.6 Å². The molecule has 1 aliphatic heterocycles. The van der Waals surface area contributed by atoms with Gasteiger partial charge in [-0.15, -0.1) is 0 Å². The Kier molecular flexibility index (Phi) is 4.37. The van der Waals surface area contributed by atoms with Gasteiger partial charge in [0.2, 0.25) is 0 Å². The highest BCUT2D eigenvalue weighted by Gasteiger charge is 2.33. The summed E-state index contributed by atoms with van der Waals surface area (Å²) < 4.78 is 1.15. The maximum absolute atomic E-state index is 6.00. The molecule has 0 radical (unpaired) electrons. The molecule has 2 N–H and O–H groups in total. The average molecular weight is 337 g/mol. The Morgan fingerprint density at radius 1 is 1.20 bits per heavy atom. The van der Waals surface area contributed by atoms with E-state index in [1.165, 1.54) is 56.3 Å². The van der Waals surface area contributed by atoms with Gasteiger partial charge in [0.25, 0.3) is 0 Å². The zero-order valence-electron chi connectivity index (χ0n) is 12.3. The molecule has 2 atom stereocenters. The first-order chi connectivity index (χ1) is 9.66. The van der Waals surface area contributed by atoms with Gasteiger partial charge in [-0.3, -0.25) is 0 Å². The molecule has 2 aliphatic rings. The van der Waals surface area contributed by atoms with Crippen LogP contribution in [0.15, 0.2) is 22.7 Å². The van der Waals surface area contributed by atoms with Crippen LogP contribution in [0.3, 0.4) is 0 Å². The van der Waals surface area contributed by atoms with Crippen molar-refractivity contribution < 1.29 is 0 Å². The average Bonchev–Trinajstić information content (AvgIpc) is 3.09. The number of rotatable bonds is 3. The van der Waals surface area contributed by atoms with Gasteiger partial charge in [0.15, 0.2) is 0 Å². The van der Waals surface area contributed by atoms with Crippen LogP contribution in [0.5, 0.6) is 0 Å². The summed E-state index contributed by atoms with van der Waals surface area (Å²) >= 11 is 3.69. The summed E-state index contributed by atoms with van der Waals surface area (Å²) in [6.07, 6.45) is 8.44. The normalized spacial score (nSPS) is 25.4. The summed E-state index contributed by atoms with van der Waals surface area (Å²) in [4.78, 5) is 2.64. The van der Waals surface area contributed by atoms with Crippen molar-refractivity contribution in [2.75, 3.05) is 11.4 Å². The summed E-state index contributed by atoms with van der Waals surface area (Å²) in [7, 11) is 0. The lowest BCUT2D eigenvalue weighted by Crippen LogP contribution is -2.34. The number of nitrogens with two attached hydrogens (primary N) is 1. The van der Waals surface area contributed by atoms with Gasteiger partial charge in [-0.25, -0.2) is 0 Å². The van der Waals surface area contributed by atoms with Crippen LogP contribution in [-0.4, -0.2) is 12.6 Å². The molecule has 2 unspecified atom stereocenters. The van der Waals surface area contributed by atoms with Crippen molar-refractivity contribution in [2.45, 2.75) is 57.5 Å². The predicted octanol–water partition coefficient (Wildman–Crippen LogP) is 4.63. The van der Waals surface area contributed by atoms with E-state index in [1.54, 1.807) is 0 Å². The van der Waals surface area contributed by atoms with Gasteiger partial charge in [0.05, 0.1) is 0 Å². The number of anilines is 1. The number of hydrogen-bond donors (Lipinski definition) is 1. The largest absolute Gasteiger partial charge is 0.368 e. The Balaban J connectivity index is 1.82. The van der Waals surface area contributed by atoms with E-state index < -0.39 is 0 Å². The van der Waals surface area contributed by atoms with E-state index in [-0.39, 0.29) is 6.04 Å². The third kappa shape index (κ3) is 2.75. The molecule has 0 bridgehead atoms. The number of hydrogen-bond acceptors (Lipinski definition) is 2. The van der Waals surface area contributed by atoms with Crippen LogP contribution in [0.4, 0.5) is 5.69 Å². The molecule has 3 rings (SSSR count). The van der Waals surface area contributed by atoms with Gasteiger partial charge < -0.3 is 10.6 Å². The van der Waals surface area contributed by atoms with Crippen molar-refractivity contribution in [2.24, 2.45) is 11.7 Å². The minimum atomic E-state index is 0.0858. The van der Waals surface area contributed by atoms with E-state index in [9.17, 15) is 0 Å². The van der Waals surface area contributed by atoms with E-state index in [0.29, 0.717) is 0 Å². The molecular weight excluding hydrogens is 312 g/mol. The fourth-order valence-electron chi connectivity index (χ4n) is 4.01. The molecule has 0 amide bonds. The number of halogens is 1. The Morgan fingerprint density at radius 2 is 1.95 bits per heavy atom. The van der Waals surface area contributed by atoms with Crippen molar-refractivity contribution in [1.82, 2.24) is 0 Å². The van der Waals surface area contributed by atoms with Crippen molar-refractivity contribution in [3.05, 3.63) is 28.2 Å². The molecule has 110 valence electrons. The summed E-state index contributed by atoms with van der Waals surface area (Å²) in [6.45, 7) is 3.25. The van der Waals surface area contributed by atoms with Crippen molar-refractivity contribution >= 4 is 21.6 Å². The second-order valence-corrected chi connectivity index (χ2v) is 7.30. The van der Waals surface area contributed by atoms with Crippen molar-refractivity contribution in [3.8, 4) is 0 Å². The predicted molar refractivity (Wildman–Crippen MR) is 89.1 cm³/mol. The quantitative estimate of drug-likeness (QED) is 0.871. The van der Waals surface area contributed by atoms with Gasteiger partial charge >= 0.3 is 0 Å². The van der Waals surface area contributed by atoms with Crippen LogP contribution in [0.1, 0.15) is 57.1 Å². The molecule has 1 aromatic carbocycles. The maximum Gasteiger partial charge on any atom is 0.0380 e. The van der Waals surface area contributed by atoms with E-state index in [4.69, 9.17) is 5.73 Å². The topological polar surface area (TPSA) is 29.3 Å². The zero-order chi connectivity index (χ0) is 14.1. The van der Waals surface area contributed by atoms with Gasteiger partial charge in [-0.05, 0) is 56.2 Å². The second-order valence-electron chi connectivity index (χ2n) is 6.44. The van der Waals surface area contributed by atoms with Crippen LogP contribution in [0.2, 0.25) is 0 Å². The minimum Gasteiger partial charge on any atom is -0.368 e. The Bertz CT molecular complexity index is 466. The van der Waals surface area contributed by atoms with Crippen LogP contribution in [-0.2, 0) is 0 Å². The fraction of sp³-hybridized carbons (Fsp3) is 0.647. The molecule has 3 heteroatoms. The molecule has 1 heterocycles. The Labute approximate surface area is 130 Å². The summed E-state index contributed by atoms with van der Waals surface area (Å²) in [5.41, 5.74) is 8.57. The van der Waals surface area contributed by atoms with Gasteiger partial charge in [-0.2, -0.15) is 0 Å². The highest BCUT2D eigenvalue weighted by atomic mass is 79.9. The summed E-state index contributed by atoms with van der Waals surface area (Å²) in [6, 6.07) is 7.57. The highest BCUT2D eigenvalue weighted by molar-refractivity contribution is 9.10. The van der Waals surface area contributed by atoms with Crippen molar-refractivity contribution in [1.29, 1.82) is 0 Å². The fourth-order valence-corrected chi connectivity index (χ4v) is 4.74. The lowest BCUT2D eigenvalue weighted by molar-refractivity contribution is 0.431. The van der Waals surface area contributed by atoms with Gasteiger partial charge in [-0.1, -0.05) is 34.8 Å². The lowest BCUT2D eigenvalue weighted by Gasteiger charge is -2.31. The third-order valence-electron chi connectivity index (χ3n) is 5.05. The molecule has 1 aliphatic carbocycles. The van der Waals surface area contributed by atoms with Crippen LogP contribution in [0.25, 0.3) is 0 Å². The molecular formula is C17H25BrN2. The van der Waals surface area contributed by atoms with E-state index >= 15 is 0 Å². The second kappa shape index (κ2) is 6.07. The van der Waals surface area contributed by atoms with Gasteiger partial charge in [0, 0.05) is 28.8 Å². The van der Waals surface area contributed by atoms with Crippen molar-refractivity contribution in [3.63, 3.8) is 0 Å². The van der Waals surface area contributed by atoms with Crippen LogP contribution >= 0.6 is 15.9 Å². The lowest BCUT2D eigenvalue weighted by atomic mass is 9.95. The third-order valence-corrected chi connectivity index (χ3v) is 5.74. The number of benzene rings is 1. The smallest absolute Gasteiger partial charge is 0.0380 e. The van der Waals surface area contributed by atoms with E-state index in [0.717, 1.165) is 16.4 Å². The molecule has 1 saturated carbocycles. The molecule has 0 spiro atoms. The Hall–Kier alpha value is -0.540. The van der Waals surface area contributed by atoms with Crippen LogP contribution in [0, 0.1) is 5.92 Å². The molecule has 1 aromatic rings. The highest BCUT2D eigenvalue weighted by Crippen LogP contribution is 2.39. The first-order valence-corrected chi connectivity index (χ1v) is 8.78. The standard InChI is InChI=1S/C17H25BrN2/c1-12(19)15-9-8-14(11-16(15)18)20-10-4-7-17(20)13-5-2-3-6-13/h8-9,11-13,17H,2-7,10,19H2,1H3. The SMILES string of the molecule is CC(N)c1ccc(N2CCCC2C2CCCC2)cc1Br. The maximum atomic E-state index is 6.00. The first-order valence-electron chi connectivity index (χ1n) is 7.98. The Morgan fingerprint density at radius 3 is 2.60 bits per heavy atom. The molecule has 0 aromatic heterocycles. The van der Waals surface area contributed by atoms with E-state index in [2.05, 4.69) is 39.0 Å². The molecule has 20 heavy (non-hydrogen) atoms. The summed E-state index contributed by atoms with van der Waals surface area (Å²) in [5.74, 6) is 0.921.